The van der Waals surface area contributed by atoms with Crippen molar-refractivity contribution in [3.05, 3.63) is 283 Å². The van der Waals surface area contributed by atoms with E-state index >= 15 is 13.2 Å². The summed E-state index contributed by atoms with van der Waals surface area (Å²) in [5.41, 5.74) is 3.16. The number of carboxylic acid groups (broad SMARTS) is 1. The normalized spacial score (nSPS) is 24.9. The fraction of sp³-hybridized carbons (Fsp3) is 0.485. The van der Waals surface area contributed by atoms with E-state index in [0.717, 1.165) is 41.5 Å². The number of halogens is 5. The molecule has 8 atom stereocenters. The van der Waals surface area contributed by atoms with Gasteiger partial charge in [0.2, 0.25) is 46.0 Å². The number of hydrogen-bond donors (Lipinski definition) is 2. The van der Waals surface area contributed by atoms with Crippen LogP contribution in [0.2, 0.25) is 0 Å². The van der Waals surface area contributed by atoms with Crippen molar-refractivity contribution < 1.29 is 104 Å². The zero-order chi connectivity index (χ0) is 95.9. The third-order valence-corrected chi connectivity index (χ3v) is 38.2. The quantitative estimate of drug-likeness (QED) is 0.0529. The van der Waals surface area contributed by atoms with Crippen LogP contribution in [0, 0.1) is 29.2 Å². The number of ketones is 1. The third kappa shape index (κ3) is 23.4. The van der Waals surface area contributed by atoms with Gasteiger partial charge in [0.1, 0.15) is 50.1 Å². The molecule has 17 rings (SSSR count). The molecule has 33 heteroatoms. The first-order chi connectivity index (χ1) is 64.1. The summed E-state index contributed by atoms with van der Waals surface area (Å²) in [6.07, 6.45) is 9.20. The van der Waals surface area contributed by atoms with Gasteiger partial charge < -0.3 is 38.8 Å². The fourth-order valence-corrected chi connectivity index (χ4v) is 28.8. The van der Waals surface area contributed by atoms with Crippen molar-refractivity contribution in [2.45, 2.75) is 231 Å². The van der Waals surface area contributed by atoms with E-state index in [0.29, 0.717) is 175 Å². The number of carbonyl (C=O) groups is 4. The molecule has 0 bridgehead atoms. The van der Waals surface area contributed by atoms with Crippen LogP contribution in [0.25, 0.3) is 0 Å². The van der Waals surface area contributed by atoms with Gasteiger partial charge in [0.15, 0.2) is 0 Å². The van der Waals surface area contributed by atoms with Crippen LogP contribution in [0.5, 0.6) is 0 Å². The van der Waals surface area contributed by atoms with Crippen LogP contribution in [0.15, 0.2) is 199 Å². The lowest BCUT2D eigenvalue weighted by Gasteiger charge is -2.39. The predicted molar refractivity (Wildman–Crippen MR) is 504 cm³/mol. The van der Waals surface area contributed by atoms with E-state index in [2.05, 4.69) is 26.0 Å². The van der Waals surface area contributed by atoms with Crippen molar-refractivity contribution >= 4 is 79.7 Å². The number of nitrogens with one attached hydrogen (secondary N) is 1. The first-order valence-electron chi connectivity index (χ1n) is 46.1. The number of methoxy groups -OCH3 is 1. The Morgan fingerprint density at radius 3 is 0.955 bits per heavy atom. The maximum Gasteiger partial charge on any atom is 0.314 e. The lowest BCUT2D eigenvalue weighted by molar-refractivity contribution is -0.149. The van der Waals surface area contributed by atoms with Crippen LogP contribution in [-0.4, -0.2) is 183 Å². The number of Topliss-reactive ketones (excluding diaryl/α,β-unsaturated/α-hetero) is 1. The van der Waals surface area contributed by atoms with E-state index in [4.69, 9.17) is 23.7 Å². The maximum absolute atomic E-state index is 15.5. The summed E-state index contributed by atoms with van der Waals surface area (Å²) in [6.45, 7) is 13.7. The van der Waals surface area contributed by atoms with Gasteiger partial charge in [-0.15, -0.1) is 0 Å². The fourth-order valence-electron chi connectivity index (χ4n) is 19.7. The molecule has 0 aromatic heterocycles. The van der Waals surface area contributed by atoms with Crippen molar-refractivity contribution in [2.75, 3.05) is 73.2 Å². The van der Waals surface area contributed by atoms with Gasteiger partial charge >= 0.3 is 11.9 Å². The molecule has 9 heterocycles. The number of nitrogens with zero attached hydrogens (tertiary/aromatic N) is 4. The molecule has 0 aliphatic carbocycles. The zero-order valence-electron chi connectivity index (χ0n) is 76.6. The van der Waals surface area contributed by atoms with Crippen LogP contribution in [0.1, 0.15) is 220 Å². The van der Waals surface area contributed by atoms with Gasteiger partial charge in [0, 0.05) is 130 Å². The van der Waals surface area contributed by atoms with E-state index in [1.165, 1.54) is 54.7 Å². The van der Waals surface area contributed by atoms with E-state index in [9.17, 15) is 62.3 Å². The summed E-state index contributed by atoms with van der Waals surface area (Å²) in [5, 5.41) is 10.4. The van der Waals surface area contributed by atoms with Gasteiger partial charge in [-0.3, -0.25) is 19.2 Å². The first-order valence-corrected chi connectivity index (χ1v) is 52.9. The predicted octanol–water partition coefficient (Wildman–Crippen LogP) is 17.2. The number of carbonyl (C=O) groups excluding carboxylic acids is 3. The Kier molecular flexibility index (Phi) is 34.8. The molecule has 9 aliphatic rings. The molecule has 8 aromatic carbocycles. The number of hydrogen-bond acceptors (Lipinski definition) is 18. The molecule has 1 amide bonds. The van der Waals surface area contributed by atoms with Crippen molar-refractivity contribution in [2.24, 2.45) is 5.92 Å². The first kappa shape index (κ1) is 103. The maximum atomic E-state index is 15.5. The second-order valence-electron chi connectivity index (χ2n) is 36.4. The highest BCUT2D eigenvalue weighted by Gasteiger charge is 2.49. The van der Waals surface area contributed by atoms with Gasteiger partial charge in [-0.05, 0) is 207 Å². The van der Waals surface area contributed by atoms with E-state index < -0.39 is 107 Å². The zero-order valence-corrected chi connectivity index (χ0v) is 81.4. The molecule has 9 aliphatic heterocycles. The minimum Gasteiger partial charge on any atom is -0.481 e. The monoisotopic (exact) mass is 1990 g/mol. The topological polar surface area (TPSA) is 305 Å². The largest absolute Gasteiger partial charge is 0.481 e. The van der Waals surface area contributed by atoms with Gasteiger partial charge in [0.25, 0.3) is 0 Å². The summed E-state index contributed by atoms with van der Waals surface area (Å²) in [6, 6.07) is 54.7. The molecule has 24 nitrogen and oxygen atoms in total. The number of amides is 1. The highest BCUT2D eigenvalue weighted by Crippen LogP contribution is 2.46. The van der Waals surface area contributed by atoms with Crippen LogP contribution in [0.3, 0.4) is 0 Å². The Bertz CT molecular complexity index is 5670. The summed E-state index contributed by atoms with van der Waals surface area (Å²) in [7, 11) is -13.1. The van der Waals surface area contributed by atoms with E-state index in [1.54, 1.807) is 49.4 Å². The molecule has 0 saturated carbocycles. The highest BCUT2D eigenvalue weighted by atomic mass is 79.9. The number of carboxylic acids is 1. The van der Waals surface area contributed by atoms with Crippen molar-refractivity contribution in [1.82, 2.24) is 22.5 Å². The lowest BCUT2D eigenvalue weighted by atomic mass is 9.71. The lowest BCUT2D eigenvalue weighted by Crippen LogP contribution is -2.56. The van der Waals surface area contributed by atoms with Crippen LogP contribution in [-0.2, 0) is 130 Å². The molecule has 9 saturated heterocycles. The smallest absolute Gasteiger partial charge is 0.314 e. The minimum absolute atomic E-state index is 0.00545. The molecular weight excluding hydrogens is 1870 g/mol. The van der Waals surface area contributed by atoms with Crippen molar-refractivity contribution in [1.29, 1.82) is 0 Å². The van der Waals surface area contributed by atoms with Crippen LogP contribution < -0.4 is 5.32 Å². The van der Waals surface area contributed by atoms with E-state index in [-0.39, 0.29) is 98.4 Å². The Hall–Kier alpha value is -8.52. The molecule has 724 valence electrons. The molecule has 9 fully saturated rings. The number of benzene rings is 8. The number of ether oxygens (including phenoxy) is 6. The Morgan fingerprint density at radius 2 is 0.672 bits per heavy atom. The SMILES string of the molecule is CC(=O)C1(c2ccc(CN3[C@@H](C)CC[C@H](c4ccccc4)S3(=O)=O)c(F)c2)CCOCC1.COC(=O)C1CCOCC1.C[C@H]1CC[C@H](c2ccccc2)S(=O)(=O)N1Cc1ccc(Br)cc1F.C[C@H]1CC[C@H](c2ccccc2)S(=O)(=O)N1Cc1ccc(C2(C(=O)NC3COC3)CCOCC2)cc1F.C[C@H]1CC[C@H](c2ccccc2)S(=O)(=O)N1Cc1ccc(C2(C(=O)O)CCOCC2)cc1F. The molecule has 0 unspecified atom stereocenters. The van der Waals surface area contributed by atoms with Crippen molar-refractivity contribution in [3.63, 3.8) is 0 Å². The Balaban J connectivity index is 0.000000147. The van der Waals surface area contributed by atoms with Crippen molar-refractivity contribution in [3.8, 4) is 0 Å². The number of sulfonamides is 4. The number of esters is 1. The van der Waals surface area contributed by atoms with E-state index in [1.807, 2.05) is 149 Å². The van der Waals surface area contributed by atoms with Crippen LogP contribution in [0.4, 0.5) is 17.6 Å². The molecule has 134 heavy (non-hydrogen) atoms. The molecular formula is C101H122BrF4N5O19S4. The summed E-state index contributed by atoms with van der Waals surface area (Å²) in [5.74, 6) is -3.09. The molecule has 8 aromatic rings. The standard InChI is InChI=1S/C27H33FN2O5S.C25H30FNO4S.C24H28FNO5S.C18H19BrFNO2S.C7H12O3/c1-19-7-10-25(20-5-3-2-4-6-20)36(32,33)30(19)16-21-8-9-22(15-24(21)28)27(11-13-34-14-12-27)26(31)29-23-17-35-18-23;1-18-8-11-24(20-6-4-3-5-7-20)32(29,30)27(18)17-21-9-10-22(16-23(21)26)25(19(2)28)12-14-31-15-13-25;1-17-7-10-22(18-5-3-2-4-6-18)32(29,30)26(17)16-19-8-9-20(15-21(19)25)24(23(27)28)11-13-31-14-12-24;1-13-7-10-18(14-5-3-2-4-6-14)24(22,23)21(13)12-15-8-9-16(19)11-17(15)20;1-9-7(8)6-2-4-10-5-3-6/h2-6,8-9,15,19,23,25H,7,10-14,16-18H2,1H3,(H,29,31);3-7,9-10,16,18,24H,8,11-15,17H2,1-2H3;2-6,8-9,15,17,22H,7,10-14,16H2,1H3,(H,27,28);2-6,8-9,11,13,18H,7,10,12H2,1H3;6H,2-5H2,1H3/t19-,25+;18-,24+;17-,22+;13-,18+;/m0000./s1. The summed E-state index contributed by atoms with van der Waals surface area (Å²) < 4.78 is 204. The number of rotatable bonds is 20. The average molecular weight is 1990 g/mol. The summed E-state index contributed by atoms with van der Waals surface area (Å²) >= 11 is 3.22. The highest BCUT2D eigenvalue weighted by molar-refractivity contribution is 9.10. The van der Waals surface area contributed by atoms with Gasteiger partial charge in [-0.2, -0.15) is 17.2 Å². The van der Waals surface area contributed by atoms with Gasteiger partial charge in [-0.25, -0.2) is 51.2 Å². The van der Waals surface area contributed by atoms with Gasteiger partial charge in [-0.1, -0.05) is 180 Å². The third-order valence-electron chi connectivity index (χ3n) is 28.2. The average Bonchev–Trinajstić information content (AvgIpc) is 0.764. The second-order valence-corrected chi connectivity index (χ2v) is 45.6. The Morgan fingerprint density at radius 1 is 0.388 bits per heavy atom. The molecule has 2 N–H and O–H groups in total. The number of aliphatic carboxylic acids is 1. The summed E-state index contributed by atoms with van der Waals surface area (Å²) in [4.78, 5) is 48.7. The molecule has 0 spiro atoms. The van der Waals surface area contributed by atoms with Gasteiger partial charge in [0.05, 0.1) is 48.5 Å². The second kappa shape index (κ2) is 45.4. The Labute approximate surface area is 793 Å². The molecule has 0 radical (unpaired) electrons. The minimum atomic E-state index is -3.68. The van der Waals surface area contributed by atoms with Crippen LogP contribution >= 0.6 is 15.9 Å².